The Kier molecular flexibility index (Phi) is 4.38. The van der Waals surface area contributed by atoms with Crippen LogP contribution in [0.25, 0.3) is 11.0 Å². The van der Waals surface area contributed by atoms with Gasteiger partial charge in [0.15, 0.2) is 0 Å². The van der Waals surface area contributed by atoms with Gasteiger partial charge in [-0.3, -0.25) is 4.79 Å². The smallest absolute Gasteiger partial charge is 0.217 e. The van der Waals surface area contributed by atoms with Crippen LogP contribution in [0.4, 0.5) is 0 Å². The van der Waals surface area contributed by atoms with E-state index in [4.69, 9.17) is 4.98 Å². The van der Waals surface area contributed by atoms with Crippen LogP contribution in [0.1, 0.15) is 42.4 Å². The number of hydrogen-bond donors (Lipinski definition) is 1. The van der Waals surface area contributed by atoms with E-state index in [0.29, 0.717) is 0 Å². The minimum absolute atomic E-state index is 0.0483. The van der Waals surface area contributed by atoms with Crippen molar-refractivity contribution in [1.82, 2.24) is 14.9 Å². The number of nitrogens with zero attached hydrogens (tertiary/aromatic N) is 2. The number of carbonyl (C=O) groups excluding carboxylic acids is 1. The fourth-order valence-electron chi connectivity index (χ4n) is 3.10. The van der Waals surface area contributed by atoms with Crippen LogP contribution < -0.4 is 5.32 Å². The van der Waals surface area contributed by atoms with E-state index >= 15 is 0 Å². The first kappa shape index (κ1) is 16.2. The summed E-state index contributed by atoms with van der Waals surface area (Å²) in [5.41, 5.74) is 5.82. The lowest BCUT2D eigenvalue weighted by atomic mass is 10.1. The number of aryl methyl sites for hydroxylation is 2. The molecule has 2 aromatic carbocycles. The summed E-state index contributed by atoms with van der Waals surface area (Å²) < 4.78 is 2.21. The van der Waals surface area contributed by atoms with Crippen LogP contribution in [0.3, 0.4) is 0 Å². The van der Waals surface area contributed by atoms with E-state index in [9.17, 15) is 4.79 Å². The molecule has 0 fully saturated rings. The molecule has 0 aliphatic rings. The summed E-state index contributed by atoms with van der Waals surface area (Å²) >= 11 is 0. The first-order valence-corrected chi connectivity index (χ1v) is 8.24. The van der Waals surface area contributed by atoms with E-state index in [0.717, 1.165) is 23.4 Å². The maximum Gasteiger partial charge on any atom is 0.217 e. The van der Waals surface area contributed by atoms with Gasteiger partial charge in [0.25, 0.3) is 0 Å². The van der Waals surface area contributed by atoms with Crippen LogP contribution in [0.2, 0.25) is 0 Å². The van der Waals surface area contributed by atoms with Gasteiger partial charge in [-0.2, -0.15) is 0 Å². The minimum atomic E-state index is -0.139. The highest BCUT2D eigenvalue weighted by Gasteiger charge is 2.17. The molecule has 124 valence electrons. The molecule has 0 aliphatic heterocycles. The zero-order chi connectivity index (χ0) is 17.3. The van der Waals surface area contributed by atoms with Crippen molar-refractivity contribution < 1.29 is 4.79 Å². The van der Waals surface area contributed by atoms with Gasteiger partial charge < -0.3 is 9.88 Å². The molecule has 4 nitrogen and oxygen atoms in total. The number of aromatic nitrogens is 2. The second-order valence-electron chi connectivity index (χ2n) is 6.40. The van der Waals surface area contributed by atoms with Gasteiger partial charge in [0.05, 0.1) is 17.1 Å². The van der Waals surface area contributed by atoms with E-state index in [1.165, 1.54) is 23.6 Å². The zero-order valence-corrected chi connectivity index (χ0v) is 14.6. The lowest BCUT2D eigenvalue weighted by Crippen LogP contribution is -2.26. The fourth-order valence-corrected chi connectivity index (χ4v) is 3.10. The maximum atomic E-state index is 11.5. The molecule has 0 radical (unpaired) electrons. The second kappa shape index (κ2) is 6.48. The number of fused-ring (bicyclic) bond motifs is 1. The first-order valence-electron chi connectivity index (χ1n) is 8.24. The highest BCUT2D eigenvalue weighted by molar-refractivity contribution is 5.77. The predicted octanol–water partition coefficient (Wildman–Crippen LogP) is 3.90. The lowest BCUT2D eigenvalue weighted by Gasteiger charge is -2.17. The van der Waals surface area contributed by atoms with E-state index in [2.05, 4.69) is 48.0 Å². The maximum absolute atomic E-state index is 11.5. The van der Waals surface area contributed by atoms with Gasteiger partial charge in [0.1, 0.15) is 5.82 Å². The fraction of sp³-hybridized carbons (Fsp3) is 0.300. The molecule has 0 aliphatic carbocycles. The topological polar surface area (TPSA) is 46.9 Å². The largest absolute Gasteiger partial charge is 0.347 e. The van der Waals surface area contributed by atoms with Crippen LogP contribution in [-0.2, 0) is 11.3 Å². The molecule has 0 saturated heterocycles. The Morgan fingerprint density at radius 1 is 1.21 bits per heavy atom. The minimum Gasteiger partial charge on any atom is -0.347 e. The Balaban J connectivity index is 2.10. The average Bonchev–Trinajstić information content (AvgIpc) is 2.89. The van der Waals surface area contributed by atoms with Crippen LogP contribution >= 0.6 is 0 Å². The van der Waals surface area contributed by atoms with Gasteiger partial charge in [0, 0.05) is 13.5 Å². The van der Waals surface area contributed by atoms with Crippen molar-refractivity contribution in [2.45, 2.75) is 40.3 Å². The molecule has 1 atom stereocenters. The Bertz CT molecular complexity index is 895. The molecule has 0 bridgehead atoms. The van der Waals surface area contributed by atoms with Crippen LogP contribution in [0.15, 0.2) is 42.5 Å². The third kappa shape index (κ3) is 3.18. The second-order valence-corrected chi connectivity index (χ2v) is 6.40. The van der Waals surface area contributed by atoms with Gasteiger partial charge in [-0.1, -0.05) is 35.9 Å². The number of imidazole rings is 1. The lowest BCUT2D eigenvalue weighted by molar-refractivity contribution is -0.119. The standard InChI is InChI=1S/C20H23N3O/c1-13-9-10-14(2)17(11-13)12-23-19-8-6-5-7-18(19)22-20(23)15(3)21-16(4)24/h5-11,15H,12H2,1-4H3,(H,21,24). The molecule has 3 rings (SSSR count). The third-order valence-electron chi connectivity index (χ3n) is 4.32. The SMILES string of the molecule is CC(=O)NC(C)c1nc2ccccc2n1Cc1cc(C)ccc1C. The Hall–Kier alpha value is -2.62. The van der Waals surface area contributed by atoms with Gasteiger partial charge in [-0.25, -0.2) is 4.98 Å². The van der Waals surface area contributed by atoms with E-state index in [-0.39, 0.29) is 11.9 Å². The van der Waals surface area contributed by atoms with Crippen LogP contribution in [-0.4, -0.2) is 15.5 Å². The first-order chi connectivity index (χ1) is 11.5. The molecule has 4 heteroatoms. The molecule has 1 heterocycles. The molecule has 24 heavy (non-hydrogen) atoms. The Morgan fingerprint density at radius 3 is 2.71 bits per heavy atom. The molecule has 0 saturated carbocycles. The van der Waals surface area contributed by atoms with Crippen LogP contribution in [0.5, 0.6) is 0 Å². The van der Waals surface area contributed by atoms with E-state index < -0.39 is 0 Å². The van der Waals surface area contributed by atoms with Crippen molar-refractivity contribution >= 4 is 16.9 Å². The highest BCUT2D eigenvalue weighted by Crippen LogP contribution is 2.23. The number of hydrogen-bond acceptors (Lipinski definition) is 2. The van der Waals surface area contributed by atoms with E-state index in [1.54, 1.807) is 0 Å². The molecular weight excluding hydrogens is 298 g/mol. The number of nitrogens with one attached hydrogen (secondary N) is 1. The van der Waals surface area contributed by atoms with Crippen molar-refractivity contribution in [1.29, 1.82) is 0 Å². The molecule has 1 unspecified atom stereocenters. The Labute approximate surface area is 142 Å². The molecule has 1 aromatic heterocycles. The monoisotopic (exact) mass is 321 g/mol. The summed E-state index contributed by atoms with van der Waals surface area (Å²) in [7, 11) is 0. The summed E-state index contributed by atoms with van der Waals surface area (Å²) in [4.78, 5) is 16.2. The zero-order valence-electron chi connectivity index (χ0n) is 14.6. The summed E-state index contributed by atoms with van der Waals surface area (Å²) in [6.45, 7) is 8.49. The van der Waals surface area contributed by atoms with Crippen molar-refractivity contribution in [3.8, 4) is 0 Å². The molecule has 1 amide bonds. The van der Waals surface area contributed by atoms with Crippen molar-refractivity contribution in [3.63, 3.8) is 0 Å². The van der Waals surface area contributed by atoms with Gasteiger partial charge in [0.2, 0.25) is 5.91 Å². The number of rotatable bonds is 4. The number of para-hydroxylation sites is 2. The summed E-state index contributed by atoms with van der Waals surface area (Å²) in [5, 5.41) is 2.95. The predicted molar refractivity (Wildman–Crippen MR) is 97.0 cm³/mol. The van der Waals surface area contributed by atoms with Crippen molar-refractivity contribution in [3.05, 3.63) is 65.0 Å². The summed E-state index contributed by atoms with van der Waals surface area (Å²) in [6, 6.07) is 14.5. The van der Waals surface area contributed by atoms with Gasteiger partial charge in [-0.05, 0) is 44.0 Å². The van der Waals surface area contributed by atoms with Crippen LogP contribution in [0, 0.1) is 13.8 Å². The molecule has 1 N–H and O–H groups in total. The number of amides is 1. The van der Waals surface area contributed by atoms with Crippen molar-refractivity contribution in [2.24, 2.45) is 0 Å². The summed E-state index contributed by atoms with van der Waals surface area (Å²) in [6.07, 6.45) is 0. The molecular formula is C20H23N3O. The third-order valence-corrected chi connectivity index (χ3v) is 4.32. The normalized spacial score (nSPS) is 12.3. The van der Waals surface area contributed by atoms with Gasteiger partial charge >= 0.3 is 0 Å². The molecule has 0 spiro atoms. The summed E-state index contributed by atoms with van der Waals surface area (Å²) in [5.74, 6) is 0.833. The van der Waals surface area contributed by atoms with Crippen molar-refractivity contribution in [2.75, 3.05) is 0 Å². The van der Waals surface area contributed by atoms with E-state index in [1.807, 2.05) is 25.1 Å². The molecule has 3 aromatic rings. The quantitative estimate of drug-likeness (QED) is 0.792. The Morgan fingerprint density at radius 2 is 1.96 bits per heavy atom. The number of benzene rings is 2. The highest BCUT2D eigenvalue weighted by atomic mass is 16.1. The number of carbonyl (C=O) groups is 1. The van der Waals surface area contributed by atoms with Gasteiger partial charge in [-0.15, -0.1) is 0 Å². The average molecular weight is 321 g/mol.